The molecule has 0 atom stereocenters. The zero-order chi connectivity index (χ0) is 12.1. The van der Waals surface area contributed by atoms with Crippen LogP contribution in [0, 0.1) is 6.92 Å². The Morgan fingerprint density at radius 2 is 2.06 bits per heavy atom. The molecular weight excluding hydrogens is 212 g/mol. The summed E-state index contributed by atoms with van der Waals surface area (Å²) in [4.78, 5) is 21.0. The van der Waals surface area contributed by atoms with Gasteiger partial charge in [0.15, 0.2) is 6.61 Å². The maximum absolute atomic E-state index is 10.7. The minimum atomic E-state index is -1.04. The van der Waals surface area contributed by atoms with Crippen LogP contribution in [0.25, 0.3) is 0 Å². The van der Waals surface area contributed by atoms with Gasteiger partial charge in [0.2, 0.25) is 0 Å². The first-order chi connectivity index (χ1) is 7.49. The Labute approximate surface area is 92.6 Å². The van der Waals surface area contributed by atoms with Crippen LogP contribution in [0.2, 0.25) is 0 Å². The molecule has 1 aromatic rings. The van der Waals surface area contributed by atoms with Crippen LogP contribution < -0.4 is 9.47 Å². The first kappa shape index (κ1) is 12.0. The second-order valence-electron chi connectivity index (χ2n) is 3.20. The third-order valence-corrected chi connectivity index (χ3v) is 1.76. The molecule has 0 fully saturated rings. The highest BCUT2D eigenvalue weighted by Crippen LogP contribution is 2.23. The Bertz CT molecular complexity index is 411. The van der Waals surface area contributed by atoms with Gasteiger partial charge in [0.05, 0.1) is 0 Å². The highest BCUT2D eigenvalue weighted by molar-refractivity contribution is 5.70. The molecule has 5 nitrogen and oxygen atoms in total. The summed E-state index contributed by atoms with van der Waals surface area (Å²) < 4.78 is 9.88. The van der Waals surface area contributed by atoms with E-state index in [4.69, 9.17) is 14.6 Å². The molecular formula is C11H12O5. The molecule has 1 aromatic carbocycles. The molecule has 0 spiro atoms. The van der Waals surface area contributed by atoms with Gasteiger partial charge in [-0.05, 0) is 30.7 Å². The lowest BCUT2D eigenvalue weighted by atomic mass is 10.2. The molecule has 0 radical (unpaired) electrons. The van der Waals surface area contributed by atoms with Crippen molar-refractivity contribution < 1.29 is 24.2 Å². The molecule has 0 saturated carbocycles. The monoisotopic (exact) mass is 224 g/mol. The SMILES string of the molecule is CC(=O)Oc1ccc(OCC(=O)O)c(C)c1. The molecule has 16 heavy (non-hydrogen) atoms. The molecule has 1 rings (SSSR count). The topological polar surface area (TPSA) is 72.8 Å². The number of carboxylic acid groups (broad SMARTS) is 1. The standard InChI is InChI=1S/C11H12O5/c1-7-5-9(16-8(2)12)3-4-10(7)15-6-11(13)14/h3-5H,6H2,1-2H3,(H,13,14). The quantitative estimate of drug-likeness (QED) is 0.618. The van der Waals surface area contributed by atoms with E-state index in [1.807, 2.05) is 0 Å². The molecule has 0 aliphatic rings. The predicted octanol–water partition coefficient (Wildman–Crippen LogP) is 1.38. The summed E-state index contributed by atoms with van der Waals surface area (Å²) in [7, 11) is 0. The minimum Gasteiger partial charge on any atom is -0.482 e. The van der Waals surface area contributed by atoms with E-state index in [0.717, 1.165) is 0 Å². The lowest BCUT2D eigenvalue weighted by Gasteiger charge is -2.08. The van der Waals surface area contributed by atoms with Gasteiger partial charge in [0.1, 0.15) is 11.5 Å². The highest BCUT2D eigenvalue weighted by Gasteiger charge is 2.05. The number of carbonyl (C=O) groups excluding carboxylic acids is 1. The van der Waals surface area contributed by atoms with E-state index in [0.29, 0.717) is 17.1 Å². The second kappa shape index (κ2) is 5.16. The van der Waals surface area contributed by atoms with E-state index in [1.54, 1.807) is 25.1 Å². The number of carboxylic acids is 1. The minimum absolute atomic E-state index is 0.395. The maximum Gasteiger partial charge on any atom is 0.341 e. The number of esters is 1. The molecule has 0 aromatic heterocycles. The van der Waals surface area contributed by atoms with Crippen molar-refractivity contribution in [3.05, 3.63) is 23.8 Å². The Hall–Kier alpha value is -2.04. The predicted molar refractivity (Wildman–Crippen MR) is 55.6 cm³/mol. The summed E-state index contributed by atoms with van der Waals surface area (Å²) in [6.45, 7) is 2.65. The van der Waals surface area contributed by atoms with E-state index >= 15 is 0 Å². The van der Waals surface area contributed by atoms with E-state index < -0.39 is 18.5 Å². The molecule has 0 bridgehead atoms. The van der Waals surface area contributed by atoms with Crippen LogP contribution in [0.4, 0.5) is 0 Å². The molecule has 5 heteroatoms. The van der Waals surface area contributed by atoms with Crippen molar-refractivity contribution in [1.82, 2.24) is 0 Å². The van der Waals surface area contributed by atoms with Gasteiger partial charge in [0.25, 0.3) is 0 Å². The van der Waals surface area contributed by atoms with Gasteiger partial charge in [-0.2, -0.15) is 0 Å². The van der Waals surface area contributed by atoms with Gasteiger partial charge >= 0.3 is 11.9 Å². The van der Waals surface area contributed by atoms with Crippen LogP contribution in [-0.4, -0.2) is 23.7 Å². The highest BCUT2D eigenvalue weighted by atomic mass is 16.5. The lowest BCUT2D eigenvalue weighted by molar-refractivity contribution is -0.139. The number of carbonyl (C=O) groups is 2. The number of hydrogen-bond acceptors (Lipinski definition) is 4. The summed E-state index contributed by atoms with van der Waals surface area (Å²) in [5.41, 5.74) is 0.708. The second-order valence-corrected chi connectivity index (χ2v) is 3.20. The van der Waals surface area contributed by atoms with Crippen LogP contribution in [0.5, 0.6) is 11.5 Å². The van der Waals surface area contributed by atoms with Gasteiger partial charge in [-0.25, -0.2) is 4.79 Å². The zero-order valence-corrected chi connectivity index (χ0v) is 9.02. The molecule has 0 amide bonds. The van der Waals surface area contributed by atoms with Gasteiger partial charge < -0.3 is 14.6 Å². The van der Waals surface area contributed by atoms with Crippen molar-refractivity contribution in [2.24, 2.45) is 0 Å². The van der Waals surface area contributed by atoms with Crippen LogP contribution >= 0.6 is 0 Å². The average molecular weight is 224 g/mol. The number of aliphatic carboxylic acids is 1. The van der Waals surface area contributed by atoms with Gasteiger partial charge in [-0.15, -0.1) is 0 Å². The molecule has 0 saturated heterocycles. The van der Waals surface area contributed by atoms with Crippen molar-refractivity contribution >= 4 is 11.9 Å². The number of rotatable bonds is 4. The van der Waals surface area contributed by atoms with Crippen LogP contribution in [0.15, 0.2) is 18.2 Å². The van der Waals surface area contributed by atoms with Crippen molar-refractivity contribution in [3.8, 4) is 11.5 Å². The Balaban J connectivity index is 2.75. The summed E-state index contributed by atoms with van der Waals surface area (Å²) >= 11 is 0. The van der Waals surface area contributed by atoms with E-state index in [2.05, 4.69) is 0 Å². The Morgan fingerprint density at radius 1 is 1.38 bits per heavy atom. The summed E-state index contributed by atoms with van der Waals surface area (Å²) in [5, 5.41) is 8.44. The Kier molecular flexibility index (Phi) is 3.88. The first-order valence-electron chi connectivity index (χ1n) is 4.62. The first-order valence-corrected chi connectivity index (χ1v) is 4.62. The molecule has 0 aliphatic carbocycles. The largest absolute Gasteiger partial charge is 0.482 e. The molecule has 0 unspecified atom stereocenters. The fourth-order valence-corrected chi connectivity index (χ4v) is 1.15. The summed E-state index contributed by atoms with van der Waals surface area (Å²) in [6.07, 6.45) is 0. The van der Waals surface area contributed by atoms with E-state index in [9.17, 15) is 9.59 Å². The average Bonchev–Trinajstić information content (AvgIpc) is 2.15. The smallest absolute Gasteiger partial charge is 0.341 e. The fourth-order valence-electron chi connectivity index (χ4n) is 1.15. The maximum atomic E-state index is 10.7. The molecule has 0 aliphatic heterocycles. The van der Waals surface area contributed by atoms with Crippen molar-refractivity contribution in [2.75, 3.05) is 6.61 Å². The van der Waals surface area contributed by atoms with E-state index in [1.165, 1.54) is 6.92 Å². The fraction of sp³-hybridized carbons (Fsp3) is 0.273. The van der Waals surface area contributed by atoms with E-state index in [-0.39, 0.29) is 0 Å². The van der Waals surface area contributed by atoms with Crippen LogP contribution in [-0.2, 0) is 9.59 Å². The van der Waals surface area contributed by atoms with Crippen LogP contribution in [0.1, 0.15) is 12.5 Å². The van der Waals surface area contributed by atoms with Crippen molar-refractivity contribution in [3.63, 3.8) is 0 Å². The number of ether oxygens (including phenoxy) is 2. The summed E-state index contributed by atoms with van der Waals surface area (Å²) in [5.74, 6) is -0.576. The lowest BCUT2D eigenvalue weighted by Crippen LogP contribution is -2.10. The third-order valence-electron chi connectivity index (χ3n) is 1.76. The van der Waals surface area contributed by atoms with Crippen molar-refractivity contribution in [2.45, 2.75) is 13.8 Å². The Morgan fingerprint density at radius 3 is 2.56 bits per heavy atom. The molecule has 0 heterocycles. The molecule has 1 N–H and O–H groups in total. The third kappa shape index (κ3) is 3.61. The van der Waals surface area contributed by atoms with Crippen LogP contribution in [0.3, 0.4) is 0 Å². The molecule has 86 valence electrons. The summed E-state index contributed by atoms with van der Waals surface area (Å²) in [6, 6.07) is 4.72. The number of hydrogen-bond donors (Lipinski definition) is 1. The normalized spacial score (nSPS) is 9.62. The van der Waals surface area contributed by atoms with Crippen molar-refractivity contribution in [1.29, 1.82) is 0 Å². The van der Waals surface area contributed by atoms with Gasteiger partial charge in [-0.1, -0.05) is 0 Å². The number of benzene rings is 1. The zero-order valence-electron chi connectivity index (χ0n) is 9.02. The van der Waals surface area contributed by atoms with Gasteiger partial charge in [0, 0.05) is 6.92 Å². The number of aryl methyl sites for hydroxylation is 1. The van der Waals surface area contributed by atoms with Gasteiger partial charge in [-0.3, -0.25) is 4.79 Å².